The Morgan fingerprint density at radius 2 is 0.806 bits per heavy atom. The number of aliphatic carboxylic acids is 2. The van der Waals surface area contributed by atoms with E-state index < -0.39 is 205 Å². The van der Waals surface area contributed by atoms with Crippen molar-refractivity contribution in [2.45, 2.75) is 189 Å². The van der Waals surface area contributed by atoms with Crippen LogP contribution in [0.15, 0.2) is 60.9 Å². The molecule has 2 fully saturated rings. The minimum atomic E-state index is -1.86. The lowest BCUT2D eigenvalue weighted by Gasteiger charge is -2.30. The fourth-order valence-electron chi connectivity index (χ4n) is 13.4. The number of amides is 16. The average Bonchev–Trinajstić information content (AvgIpc) is 1.68. The van der Waals surface area contributed by atoms with E-state index in [1.165, 1.54) is 45.2 Å². The van der Waals surface area contributed by atoms with E-state index in [4.69, 9.17) is 33.8 Å². The molecule has 2 aliphatic heterocycles. The Morgan fingerprint density at radius 3 is 1.15 bits per heavy atom. The molecule has 44 nitrogen and oxygen atoms in total. The largest absolute Gasteiger partial charge is 0.481 e. The van der Waals surface area contributed by atoms with Crippen LogP contribution in [-0.4, -0.2) is 283 Å². The Morgan fingerprint density at radius 1 is 0.452 bits per heavy atom. The number of nitrogens with zero attached hydrogens (tertiary/aromatic N) is 2. The van der Waals surface area contributed by atoms with Gasteiger partial charge in [-0.05, 0) is 101 Å². The lowest BCUT2D eigenvalue weighted by atomic mass is 10.0. The Kier molecular flexibility index (Phi) is 41.5. The van der Waals surface area contributed by atoms with E-state index in [9.17, 15) is 96.5 Å². The number of carbonyl (C=O) groups is 18. The van der Waals surface area contributed by atoms with Crippen molar-refractivity contribution in [2.24, 2.45) is 22.9 Å². The van der Waals surface area contributed by atoms with Crippen LogP contribution >= 0.6 is 46.8 Å². The number of nitrogens with one attached hydrogen (secondary N) is 18. The zero-order valence-electron chi connectivity index (χ0n) is 68.2. The van der Waals surface area contributed by atoms with Crippen LogP contribution in [-0.2, 0) is 99.1 Å². The maximum absolute atomic E-state index is 14.7. The number of primary amides is 2. The number of carbonyl (C=O) groups excluding carboxylic acids is 16. The number of carboxylic acids is 2. The third kappa shape index (κ3) is 33.0. The molecule has 6 rings (SSSR count). The van der Waals surface area contributed by atoms with E-state index >= 15 is 0 Å². The molecule has 4 heterocycles. The van der Waals surface area contributed by atoms with E-state index in [2.05, 4.69) is 110 Å². The summed E-state index contributed by atoms with van der Waals surface area (Å²) in [6.07, 6.45) is 2.64. The van der Waals surface area contributed by atoms with Crippen molar-refractivity contribution in [3.63, 3.8) is 0 Å². The molecule has 124 heavy (non-hydrogen) atoms. The molecule has 48 heteroatoms. The Balaban J connectivity index is 1.03. The normalized spacial score (nSPS) is 15.9. The summed E-state index contributed by atoms with van der Waals surface area (Å²) < 4.78 is 0. The number of aromatic nitrogens is 2. The Bertz CT molecular complexity index is 4240. The van der Waals surface area contributed by atoms with Crippen molar-refractivity contribution in [2.75, 3.05) is 62.3 Å². The summed E-state index contributed by atoms with van der Waals surface area (Å²) in [6.45, 7) is 1.51. The minimum absolute atomic E-state index is 0.000680. The smallest absolute Gasteiger partial charge is 0.305 e. The van der Waals surface area contributed by atoms with Gasteiger partial charge >= 0.3 is 11.9 Å². The van der Waals surface area contributed by atoms with Crippen LogP contribution in [0.3, 0.4) is 0 Å². The molecule has 0 aliphatic carbocycles. The molecule has 28 N–H and O–H groups in total. The van der Waals surface area contributed by atoms with Crippen LogP contribution in [0.4, 0.5) is 0 Å². The predicted octanol–water partition coefficient (Wildman–Crippen LogP) is -5.22. The van der Waals surface area contributed by atoms with Gasteiger partial charge in [-0.3, -0.25) is 97.1 Å². The first-order valence-electron chi connectivity index (χ1n) is 39.9. The number of hydrogen-bond acceptors (Lipinski definition) is 24. The second-order valence-electron chi connectivity index (χ2n) is 29.3. The van der Waals surface area contributed by atoms with Crippen molar-refractivity contribution in [1.82, 2.24) is 94.2 Å². The van der Waals surface area contributed by atoms with E-state index in [1.807, 2.05) is 0 Å². The summed E-state index contributed by atoms with van der Waals surface area (Å²) in [5.74, 6) is -17.3. The third-order valence-corrected chi connectivity index (χ3v) is 23.0. The van der Waals surface area contributed by atoms with Crippen molar-refractivity contribution in [1.29, 1.82) is 10.8 Å². The number of hydrogen-bond donors (Lipinski definition) is 26. The summed E-state index contributed by atoms with van der Waals surface area (Å²) in [6, 6.07) is -2.18. The molecule has 2 saturated heterocycles. The van der Waals surface area contributed by atoms with Crippen LogP contribution in [0.5, 0.6) is 0 Å². The molecule has 0 radical (unpaired) electrons. The monoisotopic (exact) mass is 1810 g/mol. The minimum Gasteiger partial charge on any atom is -0.481 e. The van der Waals surface area contributed by atoms with Crippen molar-refractivity contribution in [3.8, 4) is 0 Å². The molecule has 12 atom stereocenters. The molecule has 2 aliphatic rings. The number of unbranched alkanes of at least 4 members (excludes halogenated alkanes) is 2. The summed E-state index contributed by atoms with van der Waals surface area (Å²) in [7, 11) is 2.36. The molecule has 678 valence electrons. The van der Waals surface area contributed by atoms with Gasteiger partial charge in [-0.15, -0.1) is 0 Å². The van der Waals surface area contributed by atoms with Gasteiger partial charge in [0.2, 0.25) is 94.5 Å². The lowest BCUT2D eigenvalue weighted by molar-refractivity contribution is -0.144. The number of likely N-dealkylation sites (tertiary alicyclic amines) is 2. The highest BCUT2D eigenvalue weighted by molar-refractivity contribution is 8.76. The standard InChI is InChI=1S/C76H110N24O20S4/c1-39(65(111)97-53(37-121)63(77)109)89-71(117)55-19-11-25-99(55)73(119)51(29-41-33-85-45-15-5-3-13-43(41)45)95-69(115)49(31-61(105)106)93-59(103)35-87-67(113)47(17-7-9-23-83-75(79)80)91-57(101)21-27-123-124-28-22-58(102)92-48(18-8-10-24-84-76(81)82)68(114)88-36-60(104)94-50(32-62(107)108)70(116)96-52(30-42-34-86-46-16-6-4-14-44(42)46)74(120)100-26-12-20-56(100)72(118)90-40(2)66(112)98-54(38-122)64(78)110/h3-6,13-16,33-34,39-40,47-56,85-86,121-122H,7-12,17-32,35-38H2,1-2H3,(H2,77,109)(H2,78,110)(H,87,113)(H,88,114)(H,89,117)(H,90,118)(H,91,101)(H,92,102)(H,93,103)(H,94,104)(H,95,115)(H,96,116)(H,97,111)(H,98,112)(H,105,106)(H,107,108)(H4,79,80,83)(H4,81,82,84)/t39-,40-,47+,48+,49+,50+,51+,52+,53+,54+,55+,56+/m1/s1. The van der Waals surface area contributed by atoms with Crippen molar-refractivity contribution < 1.29 is 96.5 Å². The molecule has 2 aromatic heterocycles. The van der Waals surface area contributed by atoms with Gasteiger partial charge in [0, 0.05) is 109 Å². The molecular formula is C76H110N24O20S4. The molecular weight excluding hydrogens is 1700 g/mol. The zero-order chi connectivity index (χ0) is 91.3. The molecule has 2 aromatic carbocycles. The highest BCUT2D eigenvalue weighted by atomic mass is 33.1. The molecule has 4 aromatic rings. The summed E-state index contributed by atoms with van der Waals surface area (Å²) in [5, 5.41) is 71.3. The van der Waals surface area contributed by atoms with Gasteiger partial charge in [-0.2, -0.15) is 25.3 Å². The molecule has 0 spiro atoms. The van der Waals surface area contributed by atoms with Crippen LogP contribution in [0.25, 0.3) is 21.8 Å². The number of guanidine groups is 2. The molecule has 0 saturated carbocycles. The van der Waals surface area contributed by atoms with Gasteiger partial charge in [0.15, 0.2) is 11.9 Å². The average molecular weight is 1810 g/mol. The van der Waals surface area contributed by atoms with Gasteiger partial charge in [0.05, 0.1) is 25.9 Å². The van der Waals surface area contributed by atoms with Crippen molar-refractivity contribution in [3.05, 3.63) is 72.1 Å². The second kappa shape index (κ2) is 51.1. The maximum atomic E-state index is 14.7. The first-order valence-corrected chi connectivity index (χ1v) is 43.6. The predicted molar refractivity (Wildman–Crippen MR) is 462 cm³/mol. The van der Waals surface area contributed by atoms with Crippen LogP contribution in [0, 0.1) is 10.8 Å². The SMILES string of the molecule is C[C@@H](NC(=O)[C@@H]1CCCN1C(=O)[C@H](Cc1c[nH]c2ccccc12)NC(=O)[C@H](CC(=O)O)NC(=O)CNC(=O)[C@H](CCCCNC(=N)N)NC(=O)CCSSCCC(=O)N[C@@H](CCCCNC(=N)N)C(=O)NCC(=O)N[C@@H](CC(=O)O)C(=O)N[C@@H](Cc1c[nH]c2ccccc12)C(=O)N1CCC[C@H]1C(=O)N[C@H](C)C(=O)N[C@@H](CS)C(N)=O)C(=O)N[C@@H](CS)C(N)=O. The van der Waals surface area contributed by atoms with Gasteiger partial charge in [0.1, 0.15) is 72.5 Å². The summed E-state index contributed by atoms with van der Waals surface area (Å²) in [5.41, 5.74) is 24.0. The quantitative estimate of drug-likeness (QED) is 0.00646. The fourth-order valence-corrected chi connectivity index (χ4v) is 16.0. The number of H-pyrrole nitrogens is 2. The second-order valence-corrected chi connectivity index (χ2v) is 32.7. The first-order chi connectivity index (χ1) is 59.0. The summed E-state index contributed by atoms with van der Waals surface area (Å²) >= 11 is 8.05. The lowest BCUT2D eigenvalue weighted by Crippen LogP contribution is -2.59. The molecule has 0 unspecified atom stereocenters. The van der Waals surface area contributed by atoms with E-state index in [1.54, 1.807) is 60.9 Å². The van der Waals surface area contributed by atoms with E-state index in [0.717, 1.165) is 0 Å². The number of rotatable bonds is 53. The van der Waals surface area contributed by atoms with Crippen molar-refractivity contribution >= 4 is 187 Å². The number of nitrogens with two attached hydrogens (primary N) is 4. The van der Waals surface area contributed by atoms with Gasteiger partial charge in [0.25, 0.3) is 0 Å². The van der Waals surface area contributed by atoms with Crippen LogP contribution in [0.2, 0.25) is 0 Å². The molecule has 16 amide bonds. The Labute approximate surface area is 731 Å². The van der Waals surface area contributed by atoms with Gasteiger partial charge in [-0.1, -0.05) is 58.0 Å². The number of thiol groups is 2. The summed E-state index contributed by atoms with van der Waals surface area (Å²) in [4.78, 5) is 250. The highest BCUT2D eigenvalue weighted by Gasteiger charge is 2.43. The number of benzene rings is 2. The Hall–Kier alpha value is -12.1. The topological polar surface area (TPSA) is 706 Å². The van der Waals surface area contributed by atoms with E-state index in [-0.39, 0.29) is 125 Å². The third-order valence-electron chi connectivity index (χ3n) is 19.9. The van der Waals surface area contributed by atoms with Gasteiger partial charge in [-0.25, -0.2) is 0 Å². The highest BCUT2D eigenvalue weighted by Crippen LogP contribution is 2.27. The fraction of sp³-hybridized carbons (Fsp3) is 0.526. The maximum Gasteiger partial charge on any atom is 0.305 e. The van der Waals surface area contributed by atoms with E-state index in [0.29, 0.717) is 58.6 Å². The number of fused-ring (bicyclic) bond motifs is 2. The number of para-hydroxylation sites is 2. The first kappa shape index (κ1) is 101. The zero-order valence-corrected chi connectivity index (χ0v) is 71.7. The van der Waals surface area contributed by atoms with Crippen LogP contribution in [0.1, 0.15) is 115 Å². The number of aromatic amines is 2. The van der Waals surface area contributed by atoms with Gasteiger partial charge < -0.3 is 127 Å². The van der Waals surface area contributed by atoms with Crippen LogP contribution < -0.4 is 97.4 Å². The molecule has 0 bridgehead atoms. The number of carboxylic acid groups (broad SMARTS) is 2.